The topological polar surface area (TPSA) is 82.8 Å². The van der Waals surface area contributed by atoms with Crippen LogP contribution in [0.25, 0.3) is 22.7 Å². The van der Waals surface area contributed by atoms with Gasteiger partial charge in [-0.15, -0.1) is 0 Å². The maximum absolute atomic E-state index is 10.7. The van der Waals surface area contributed by atoms with Crippen LogP contribution in [0.1, 0.15) is 36.1 Å². The Bertz CT molecular complexity index is 3010. The molecule has 10 aliphatic rings. The third kappa shape index (κ3) is 36.9. The van der Waals surface area contributed by atoms with E-state index in [1.807, 2.05) is 0 Å². The van der Waals surface area contributed by atoms with Crippen LogP contribution in [-0.4, -0.2) is 18.3 Å². The summed E-state index contributed by atoms with van der Waals surface area (Å²) in [5.74, 6) is 0. The summed E-state index contributed by atoms with van der Waals surface area (Å²) in [6, 6.07) is 38.7. The number of nitriles is 2. The van der Waals surface area contributed by atoms with Crippen molar-refractivity contribution >= 4 is 31.2 Å². The summed E-state index contributed by atoms with van der Waals surface area (Å²) in [4.78, 5) is 0. The van der Waals surface area contributed by atoms with E-state index in [0.717, 1.165) is 48.9 Å². The second-order valence-corrected chi connectivity index (χ2v) is 24.6. The Morgan fingerprint density at radius 2 is 0.415 bits per heavy atom. The van der Waals surface area contributed by atoms with E-state index in [-0.39, 0.29) is 0 Å². The number of hydrogen-bond acceptors (Lipinski definition) is 2. The van der Waals surface area contributed by atoms with Crippen molar-refractivity contribution in [1.29, 1.82) is 10.5 Å². The van der Waals surface area contributed by atoms with Crippen LogP contribution in [0.15, 0.2) is 172 Å². The monoisotopic (exact) mass is 1290 g/mol. The molecule has 4 aromatic heterocycles. The molecular weight excluding hydrogens is 1250 g/mol. The zero-order valence-electron chi connectivity index (χ0n) is 41.3. The van der Waals surface area contributed by atoms with Gasteiger partial charge in [-0.1, -0.05) is 48.5 Å². The molecule has 0 atom stereocenters. The Morgan fingerprint density at radius 3 is 0.537 bits per heavy atom. The Kier molecular flexibility index (Phi) is 18.1. The maximum atomic E-state index is 9.87. The second kappa shape index (κ2) is 21.5. The maximum Gasteiger partial charge on any atom is 0.249 e. The normalized spacial score (nSPS) is 15.5. The fourth-order valence-electron chi connectivity index (χ4n) is 6.50. The Balaban J connectivity index is 0.000000424. The summed E-state index contributed by atoms with van der Waals surface area (Å²) in [7, 11) is -42.6. The molecule has 0 radical (unpaired) electrons. The summed E-state index contributed by atoms with van der Waals surface area (Å²) in [6.07, 6.45) is 25.6. The van der Waals surface area contributed by atoms with E-state index in [1.54, 1.807) is 12.1 Å². The predicted molar refractivity (Wildman–Crippen MR) is 257 cm³/mol. The van der Waals surface area contributed by atoms with Crippen molar-refractivity contribution in [2.75, 3.05) is 0 Å². The molecule has 456 valence electrons. The van der Waals surface area contributed by atoms with E-state index in [2.05, 4.69) is 208 Å². The van der Waals surface area contributed by atoms with Crippen molar-refractivity contribution in [2.24, 2.45) is 0 Å². The molecule has 8 aromatic rings. The van der Waals surface area contributed by atoms with E-state index in [1.165, 1.54) is 36.1 Å². The first-order valence-corrected chi connectivity index (χ1v) is 29.9. The number of aromatic nitrogens is 8. The molecule has 0 saturated heterocycles. The molecule has 0 fully saturated rings. The van der Waals surface area contributed by atoms with Crippen molar-refractivity contribution in [3.8, 4) is 34.9 Å². The molecule has 10 nitrogen and oxygen atoms in total. The Hall–Kier alpha value is -7.26. The molecule has 16 bridgehead atoms. The molecule has 0 spiro atoms. The van der Waals surface area contributed by atoms with Crippen molar-refractivity contribution in [2.45, 2.75) is 40.0 Å². The van der Waals surface area contributed by atoms with Gasteiger partial charge < -0.3 is 0 Å². The molecule has 10 aliphatic heterocycles. The van der Waals surface area contributed by atoms with E-state index in [4.69, 9.17) is 10.5 Å². The number of halogens is 24. The minimum absolute atomic E-state index is 0.819. The van der Waals surface area contributed by atoms with E-state index >= 15 is 0 Å². The van der Waals surface area contributed by atoms with E-state index < -0.39 is 31.2 Å². The average molecular weight is 1290 g/mol. The van der Waals surface area contributed by atoms with Gasteiger partial charge in [0.05, 0.1) is 12.1 Å². The van der Waals surface area contributed by atoms with Crippen molar-refractivity contribution < 1.29 is 119 Å². The van der Waals surface area contributed by atoms with Gasteiger partial charge in [-0.3, -0.25) is 0 Å². The van der Waals surface area contributed by atoms with Gasteiger partial charge in [0.15, 0.2) is 0 Å². The van der Waals surface area contributed by atoms with E-state index in [9.17, 15) is 101 Å². The second-order valence-electron chi connectivity index (χ2n) is 16.9. The molecule has 0 unspecified atom stereocenters. The number of benzene rings is 4. The first-order valence-electron chi connectivity index (χ1n) is 21.8. The standard InChI is InChI=1S/C40H36N8.2C2H3N.4F6P/c1-2-34-4-3-33(1)25-41-17-21-45(29-41)37-9-11-39(12-10-37)47-23-19-43(31-47)27-35-5-7-36(8-6-35)28-44-20-24-48(32-44)40-15-13-38(14-16-40)46-22-18-42(26-34)30-46;2*1-2-3;4*1-7(2,3,4,5)6/h1-24,29-32H,25-28H2;2*1H3;;;;/q+4;;;4*-1. The number of imidazole rings is 4. The summed E-state index contributed by atoms with van der Waals surface area (Å²) >= 11 is 0. The van der Waals surface area contributed by atoms with Crippen LogP contribution in [0.4, 0.5) is 101 Å². The molecule has 0 amide bonds. The molecular formula is C44H42F24N10P4. The average Bonchev–Trinajstić information content (AvgIpc) is 4.11. The first kappa shape index (κ1) is 69.0. The van der Waals surface area contributed by atoms with Crippen LogP contribution < -0.4 is 18.3 Å². The Labute approximate surface area is 447 Å². The molecule has 82 heavy (non-hydrogen) atoms. The zero-order chi connectivity index (χ0) is 62.9. The van der Waals surface area contributed by atoms with Crippen LogP contribution in [0.5, 0.6) is 0 Å². The molecule has 0 saturated carbocycles. The zero-order valence-corrected chi connectivity index (χ0v) is 44.9. The van der Waals surface area contributed by atoms with Crippen molar-refractivity contribution in [1.82, 2.24) is 18.3 Å². The number of hydrogen-bond donors (Lipinski definition) is 0. The number of rotatable bonds is 0. The number of nitrogens with zero attached hydrogens (tertiary/aromatic N) is 10. The Morgan fingerprint density at radius 1 is 0.293 bits per heavy atom. The molecule has 38 heteroatoms. The van der Waals surface area contributed by atoms with Crippen LogP contribution in [0.2, 0.25) is 0 Å². The minimum Gasteiger partial charge on any atom is -0.232 e. The first-order chi connectivity index (χ1) is 36.3. The molecule has 18 rings (SSSR count). The predicted octanol–water partition coefficient (Wildman–Crippen LogP) is 19.1. The summed E-state index contributed by atoms with van der Waals surface area (Å²) in [5, 5.41) is 14.6. The summed E-state index contributed by atoms with van der Waals surface area (Å²) < 4.78 is 254. The van der Waals surface area contributed by atoms with Crippen molar-refractivity contribution in [3.05, 3.63) is 194 Å². The van der Waals surface area contributed by atoms with Gasteiger partial charge in [-0.25, -0.2) is 36.5 Å². The minimum atomic E-state index is -10.7. The fourth-order valence-corrected chi connectivity index (χ4v) is 6.50. The van der Waals surface area contributed by atoms with Gasteiger partial charge >= 0.3 is 132 Å². The quantitative estimate of drug-likeness (QED) is 0.0861. The SMILES string of the molecule is CC#N.CC#N.F[P-](F)(F)(F)(F)F.F[P-](F)(F)(F)(F)F.F[P-](F)(F)(F)(F)F.F[P-](F)(F)(F)(F)F.c1cc2ccc1C[n+]1ccn(c1)-c1ccc(cc1)-n1cc[n+](c1)Cc1ccc(cc1)C[n+]1ccn(c1)-c1ccc(cc1)-n1cc[n+](c1)C2. The van der Waals surface area contributed by atoms with Crippen LogP contribution in [-0.2, 0) is 26.2 Å². The third-order valence-electron chi connectivity index (χ3n) is 9.16. The van der Waals surface area contributed by atoms with Gasteiger partial charge in [0.1, 0.15) is 98.5 Å². The molecule has 14 heterocycles. The van der Waals surface area contributed by atoms with E-state index in [0.29, 0.717) is 0 Å². The van der Waals surface area contributed by atoms with Crippen LogP contribution >= 0.6 is 31.2 Å². The summed E-state index contributed by atoms with van der Waals surface area (Å²) in [6.45, 7) is 6.14. The molecule has 4 aromatic carbocycles. The molecule has 0 N–H and O–H groups in total. The van der Waals surface area contributed by atoms with Crippen LogP contribution in [0, 0.1) is 22.7 Å². The fraction of sp³-hybridized carbons (Fsp3) is 0.136. The smallest absolute Gasteiger partial charge is 0.232 e. The van der Waals surface area contributed by atoms with Gasteiger partial charge in [0, 0.05) is 13.8 Å². The van der Waals surface area contributed by atoms with Crippen LogP contribution in [0.3, 0.4) is 0 Å². The summed E-state index contributed by atoms with van der Waals surface area (Å²) in [5.41, 5.74) is 9.63. The van der Waals surface area contributed by atoms with Gasteiger partial charge in [-0.05, 0) is 70.8 Å². The third-order valence-corrected chi connectivity index (χ3v) is 9.16. The van der Waals surface area contributed by atoms with Gasteiger partial charge in [0.25, 0.3) is 0 Å². The van der Waals surface area contributed by atoms with Gasteiger partial charge in [-0.2, -0.15) is 10.5 Å². The van der Waals surface area contributed by atoms with Gasteiger partial charge in [0.2, 0.25) is 25.3 Å². The molecule has 0 aliphatic carbocycles. The van der Waals surface area contributed by atoms with Crippen molar-refractivity contribution in [3.63, 3.8) is 0 Å². The largest absolute Gasteiger partial charge is 0.249 e.